The average molecular weight is 175 g/mol. The molecule has 0 bridgehead atoms. The Balaban J connectivity index is 2.82. The summed E-state index contributed by atoms with van der Waals surface area (Å²) < 4.78 is 29.4. The van der Waals surface area contributed by atoms with Crippen LogP contribution in [0.2, 0.25) is 0 Å². The number of halogens is 2. The van der Waals surface area contributed by atoms with Gasteiger partial charge in [-0.05, 0) is 13.8 Å². The molecule has 0 atom stereocenters. The van der Waals surface area contributed by atoms with Gasteiger partial charge in [0, 0.05) is 0 Å². The van der Waals surface area contributed by atoms with E-state index in [-0.39, 0.29) is 17.2 Å². The molecule has 0 saturated carbocycles. The van der Waals surface area contributed by atoms with E-state index in [9.17, 15) is 8.78 Å². The molecule has 5 heteroatoms. The molecule has 1 rings (SSSR count). The van der Waals surface area contributed by atoms with E-state index in [0.717, 1.165) is 0 Å². The smallest absolute Gasteiger partial charge is 0.270 e. The fourth-order valence-electron chi connectivity index (χ4n) is 0.877. The van der Waals surface area contributed by atoms with Crippen LogP contribution in [0.5, 0.6) is 0 Å². The van der Waals surface area contributed by atoms with E-state index < -0.39 is 6.43 Å². The summed E-state index contributed by atoms with van der Waals surface area (Å²) in [6, 6.07) is 0. The molecule has 0 aromatic heterocycles. The Bertz CT molecular complexity index is 236. The molecule has 3 nitrogen and oxygen atoms in total. The number of ether oxygens (including phenoxy) is 1. The average Bonchev–Trinajstić information content (AvgIpc) is 2.32. The summed E-state index contributed by atoms with van der Waals surface area (Å²) >= 11 is 0. The van der Waals surface area contributed by atoms with Gasteiger partial charge in [0.15, 0.2) is 0 Å². The largest absolute Gasteiger partial charge is 0.477 e. The Morgan fingerprint density at radius 1 is 1.50 bits per heavy atom. The maximum absolute atomic E-state index is 12.3. The monoisotopic (exact) mass is 175 g/mol. The molecule has 0 saturated heterocycles. The van der Waals surface area contributed by atoms with Crippen LogP contribution in [0.25, 0.3) is 0 Å². The first-order chi connectivity index (χ1) is 5.66. The quantitative estimate of drug-likeness (QED) is 0.640. The third kappa shape index (κ3) is 1.54. The van der Waals surface area contributed by atoms with E-state index >= 15 is 0 Å². The van der Waals surface area contributed by atoms with Crippen molar-refractivity contribution >= 4 is 5.71 Å². The van der Waals surface area contributed by atoms with E-state index in [1.54, 1.807) is 6.92 Å². The maximum Gasteiger partial charge on any atom is 0.270 e. The van der Waals surface area contributed by atoms with Crippen LogP contribution in [-0.2, 0) is 4.74 Å². The van der Waals surface area contributed by atoms with Crippen molar-refractivity contribution in [2.75, 3.05) is 6.61 Å². The van der Waals surface area contributed by atoms with Crippen molar-refractivity contribution in [2.24, 2.45) is 5.10 Å². The van der Waals surface area contributed by atoms with Crippen LogP contribution in [0.15, 0.2) is 16.6 Å². The van der Waals surface area contributed by atoms with Gasteiger partial charge in [0.05, 0.1) is 12.3 Å². The van der Waals surface area contributed by atoms with Gasteiger partial charge < -0.3 is 4.74 Å². The van der Waals surface area contributed by atoms with E-state index in [2.05, 4.69) is 10.5 Å². The molecule has 0 aliphatic carbocycles. The normalized spacial score (nSPS) is 16.6. The highest BCUT2D eigenvalue weighted by Gasteiger charge is 2.27. The molecule has 0 spiro atoms. The van der Waals surface area contributed by atoms with E-state index in [0.29, 0.717) is 6.61 Å². The molecule has 0 aromatic rings. The van der Waals surface area contributed by atoms with Gasteiger partial charge in [-0.3, -0.25) is 0 Å². The zero-order valence-corrected chi connectivity index (χ0v) is 6.84. The summed E-state index contributed by atoms with van der Waals surface area (Å²) in [6.07, 6.45) is -2.57. The summed E-state index contributed by atoms with van der Waals surface area (Å²) in [5.74, 6) is -0.0509. The van der Waals surface area contributed by atoms with Gasteiger partial charge in [-0.25, -0.2) is 8.78 Å². The maximum atomic E-state index is 12.3. The number of allylic oxidation sites excluding steroid dienone is 1. The first-order valence-electron chi connectivity index (χ1n) is 3.57. The summed E-state index contributed by atoms with van der Waals surface area (Å²) in [4.78, 5) is 0. The summed E-state index contributed by atoms with van der Waals surface area (Å²) in [6.45, 7) is 3.51. The van der Waals surface area contributed by atoms with Gasteiger partial charge in [0.25, 0.3) is 6.43 Å². The topological polar surface area (TPSA) is 35.7 Å². The fraction of sp³-hybridized carbons (Fsp3) is 0.571. The van der Waals surface area contributed by atoms with Crippen LogP contribution >= 0.6 is 0 Å². The van der Waals surface area contributed by atoms with Gasteiger partial charge in [0.1, 0.15) is 5.57 Å². The minimum absolute atomic E-state index is 0.0509. The second kappa shape index (κ2) is 3.51. The highest BCUT2D eigenvalue weighted by Crippen LogP contribution is 2.20. The Labute approximate surface area is 69.1 Å². The fourth-order valence-corrected chi connectivity index (χ4v) is 0.877. The van der Waals surface area contributed by atoms with Crippen LogP contribution in [0.1, 0.15) is 13.8 Å². The molecule has 12 heavy (non-hydrogen) atoms. The highest BCUT2D eigenvalue weighted by atomic mass is 19.3. The third-order valence-corrected chi connectivity index (χ3v) is 1.41. The van der Waals surface area contributed by atoms with Crippen molar-refractivity contribution in [1.82, 2.24) is 5.43 Å². The highest BCUT2D eigenvalue weighted by molar-refractivity contribution is 6.00. The predicted molar refractivity (Wildman–Crippen MR) is 39.9 cm³/mol. The van der Waals surface area contributed by atoms with E-state index in [1.165, 1.54) is 6.92 Å². The SMILES string of the molecule is CCOC1=C(C(F)F)C(C)=N[N]1. The van der Waals surface area contributed by atoms with Crippen LogP contribution < -0.4 is 5.43 Å². The van der Waals surface area contributed by atoms with Gasteiger partial charge in [-0.2, -0.15) is 5.10 Å². The molecule has 67 valence electrons. The minimum atomic E-state index is -2.57. The summed E-state index contributed by atoms with van der Waals surface area (Å²) in [7, 11) is 0. The van der Waals surface area contributed by atoms with Crippen LogP contribution in [0.3, 0.4) is 0 Å². The minimum Gasteiger partial charge on any atom is -0.477 e. The standard InChI is InChI=1S/C7H9F2N2O/c1-3-12-7-5(6(8)9)4(2)10-11-7/h6H,3H2,1-2H3. The molecule has 1 heterocycles. The lowest BCUT2D eigenvalue weighted by Crippen LogP contribution is -2.08. The van der Waals surface area contributed by atoms with Crippen LogP contribution in [0, 0.1) is 0 Å². The zero-order valence-electron chi connectivity index (χ0n) is 6.84. The lowest BCUT2D eigenvalue weighted by atomic mass is 10.2. The molecule has 0 amide bonds. The second-order valence-corrected chi connectivity index (χ2v) is 2.24. The van der Waals surface area contributed by atoms with E-state index in [1.807, 2.05) is 0 Å². The number of alkyl halides is 2. The van der Waals surface area contributed by atoms with Gasteiger partial charge in [-0.1, -0.05) is 0 Å². The van der Waals surface area contributed by atoms with Crippen LogP contribution in [0.4, 0.5) is 8.78 Å². The second-order valence-electron chi connectivity index (χ2n) is 2.24. The van der Waals surface area contributed by atoms with Crippen molar-refractivity contribution in [3.8, 4) is 0 Å². The number of rotatable bonds is 3. The Hall–Kier alpha value is -1.13. The molecule has 0 unspecified atom stereocenters. The van der Waals surface area contributed by atoms with Crippen molar-refractivity contribution in [1.29, 1.82) is 0 Å². The Morgan fingerprint density at radius 3 is 2.67 bits per heavy atom. The molecule has 0 fully saturated rings. The summed E-state index contributed by atoms with van der Waals surface area (Å²) in [5, 5.41) is 3.50. The van der Waals surface area contributed by atoms with Crippen molar-refractivity contribution in [3.05, 3.63) is 11.5 Å². The van der Waals surface area contributed by atoms with Gasteiger partial charge in [-0.15, -0.1) is 5.43 Å². The number of nitrogens with zero attached hydrogens (tertiary/aromatic N) is 2. The Kier molecular flexibility index (Phi) is 2.62. The molecular formula is C7H9F2N2O. The van der Waals surface area contributed by atoms with E-state index in [4.69, 9.17) is 4.74 Å². The molecule has 0 N–H and O–H groups in total. The lowest BCUT2D eigenvalue weighted by molar-refractivity contribution is 0.166. The first kappa shape index (κ1) is 8.96. The third-order valence-electron chi connectivity index (χ3n) is 1.41. The van der Waals surface area contributed by atoms with Crippen molar-refractivity contribution in [3.63, 3.8) is 0 Å². The summed E-state index contributed by atoms with van der Waals surface area (Å²) in [5.41, 5.74) is 3.51. The van der Waals surface area contributed by atoms with Crippen molar-refractivity contribution < 1.29 is 13.5 Å². The Morgan fingerprint density at radius 2 is 2.17 bits per heavy atom. The molecule has 1 aliphatic rings. The first-order valence-corrected chi connectivity index (χ1v) is 3.57. The number of hydrogen-bond donors (Lipinski definition) is 0. The molecular weight excluding hydrogens is 166 g/mol. The zero-order chi connectivity index (χ0) is 9.14. The van der Waals surface area contributed by atoms with Crippen molar-refractivity contribution in [2.45, 2.75) is 20.3 Å². The molecule has 1 aliphatic heterocycles. The lowest BCUT2D eigenvalue weighted by Gasteiger charge is -2.04. The number of hydrogen-bond acceptors (Lipinski definition) is 2. The molecule has 1 radical (unpaired) electrons. The predicted octanol–water partition coefficient (Wildman–Crippen LogP) is 1.49. The van der Waals surface area contributed by atoms with Gasteiger partial charge >= 0.3 is 0 Å². The van der Waals surface area contributed by atoms with Gasteiger partial charge in [0.2, 0.25) is 5.88 Å². The van der Waals surface area contributed by atoms with Crippen LogP contribution in [-0.4, -0.2) is 18.7 Å². The molecule has 0 aromatic carbocycles.